The van der Waals surface area contributed by atoms with E-state index in [1.165, 1.54) is 0 Å². The summed E-state index contributed by atoms with van der Waals surface area (Å²) in [6.07, 6.45) is 3.55. The van der Waals surface area contributed by atoms with Crippen molar-refractivity contribution in [3.05, 3.63) is 53.3 Å². The number of carbonyl (C=O) groups is 1. The van der Waals surface area contributed by atoms with Crippen molar-refractivity contribution in [3.63, 3.8) is 0 Å². The predicted octanol–water partition coefficient (Wildman–Crippen LogP) is 2.73. The molecule has 0 fully saturated rings. The van der Waals surface area contributed by atoms with Gasteiger partial charge in [-0.15, -0.1) is 0 Å². The average molecular weight is 240 g/mol. The Morgan fingerprint density at radius 2 is 2.00 bits per heavy atom. The number of carbonyl (C=O) groups excluding carboxylic acids is 1. The van der Waals surface area contributed by atoms with E-state index in [0.717, 1.165) is 27.8 Å². The number of aromatic nitrogens is 1. The fraction of sp³-hybridized carbons (Fsp3) is 0.200. The van der Waals surface area contributed by atoms with Crippen LogP contribution in [-0.2, 0) is 0 Å². The monoisotopic (exact) mass is 240 g/mol. The molecule has 3 nitrogen and oxygen atoms in total. The third-order valence-electron chi connectivity index (χ3n) is 3.10. The lowest BCUT2D eigenvalue weighted by atomic mass is 9.93. The summed E-state index contributed by atoms with van der Waals surface area (Å²) in [5.74, 6) is -0.0456. The number of pyridine rings is 1. The smallest absolute Gasteiger partial charge is 0.251 e. The number of rotatable bonds is 2. The molecule has 0 saturated carbocycles. The first-order valence-electron chi connectivity index (χ1n) is 5.88. The molecule has 1 heterocycles. The highest BCUT2D eigenvalue weighted by atomic mass is 16.1. The maximum Gasteiger partial charge on any atom is 0.251 e. The molecule has 0 atom stereocenters. The van der Waals surface area contributed by atoms with Crippen LogP contribution in [0.4, 0.5) is 0 Å². The Morgan fingerprint density at radius 1 is 1.22 bits per heavy atom. The van der Waals surface area contributed by atoms with E-state index in [9.17, 15) is 4.79 Å². The van der Waals surface area contributed by atoms with Gasteiger partial charge in [-0.2, -0.15) is 0 Å². The van der Waals surface area contributed by atoms with Crippen LogP contribution in [0.5, 0.6) is 0 Å². The molecular formula is C15H16N2O. The fourth-order valence-electron chi connectivity index (χ4n) is 2.16. The normalized spacial score (nSPS) is 10.2. The summed E-state index contributed by atoms with van der Waals surface area (Å²) < 4.78 is 0. The Morgan fingerprint density at radius 3 is 2.61 bits per heavy atom. The van der Waals surface area contributed by atoms with Gasteiger partial charge in [-0.1, -0.05) is 18.2 Å². The van der Waals surface area contributed by atoms with Crippen LogP contribution in [0.15, 0.2) is 36.7 Å². The molecule has 0 bridgehead atoms. The van der Waals surface area contributed by atoms with Crippen molar-refractivity contribution in [1.29, 1.82) is 0 Å². The van der Waals surface area contributed by atoms with Crippen LogP contribution >= 0.6 is 0 Å². The summed E-state index contributed by atoms with van der Waals surface area (Å²) in [5.41, 5.74) is 4.80. The predicted molar refractivity (Wildman–Crippen MR) is 72.5 cm³/mol. The zero-order valence-electron chi connectivity index (χ0n) is 10.8. The molecule has 0 aliphatic carbocycles. The zero-order chi connectivity index (χ0) is 13.1. The molecule has 2 rings (SSSR count). The van der Waals surface area contributed by atoms with Crippen molar-refractivity contribution in [1.82, 2.24) is 10.3 Å². The van der Waals surface area contributed by atoms with Crippen LogP contribution in [0.1, 0.15) is 21.5 Å². The van der Waals surface area contributed by atoms with Crippen LogP contribution in [0, 0.1) is 13.8 Å². The number of nitrogens with one attached hydrogen (secondary N) is 1. The Balaban J connectivity index is 2.62. The van der Waals surface area contributed by atoms with Crippen molar-refractivity contribution in [2.24, 2.45) is 0 Å². The lowest BCUT2D eigenvalue weighted by Gasteiger charge is -2.13. The highest BCUT2D eigenvalue weighted by molar-refractivity contribution is 5.98. The summed E-state index contributed by atoms with van der Waals surface area (Å²) >= 11 is 0. The number of nitrogens with zero attached hydrogens (tertiary/aromatic N) is 1. The van der Waals surface area contributed by atoms with Gasteiger partial charge in [-0.05, 0) is 36.6 Å². The topological polar surface area (TPSA) is 42.0 Å². The van der Waals surface area contributed by atoms with Crippen molar-refractivity contribution in [2.45, 2.75) is 13.8 Å². The van der Waals surface area contributed by atoms with E-state index < -0.39 is 0 Å². The Kier molecular flexibility index (Phi) is 3.42. The minimum absolute atomic E-state index is 0.0456. The minimum Gasteiger partial charge on any atom is -0.355 e. The van der Waals surface area contributed by atoms with Crippen LogP contribution in [0.3, 0.4) is 0 Å². The molecule has 0 aliphatic rings. The summed E-state index contributed by atoms with van der Waals surface area (Å²) in [6, 6.07) is 7.90. The maximum absolute atomic E-state index is 11.9. The van der Waals surface area contributed by atoms with Crippen LogP contribution in [0.25, 0.3) is 11.1 Å². The lowest BCUT2D eigenvalue weighted by Crippen LogP contribution is -2.20. The largest absolute Gasteiger partial charge is 0.355 e. The van der Waals surface area contributed by atoms with Gasteiger partial charge in [0.25, 0.3) is 5.91 Å². The Hall–Kier alpha value is -2.16. The highest BCUT2D eigenvalue weighted by Gasteiger charge is 2.14. The zero-order valence-corrected chi connectivity index (χ0v) is 10.8. The first-order chi connectivity index (χ1) is 8.65. The van der Waals surface area contributed by atoms with Gasteiger partial charge in [0.15, 0.2) is 0 Å². The second kappa shape index (κ2) is 5.00. The van der Waals surface area contributed by atoms with E-state index in [1.54, 1.807) is 13.2 Å². The van der Waals surface area contributed by atoms with E-state index >= 15 is 0 Å². The van der Waals surface area contributed by atoms with Gasteiger partial charge < -0.3 is 5.32 Å². The van der Waals surface area contributed by atoms with Gasteiger partial charge in [-0.3, -0.25) is 9.78 Å². The van der Waals surface area contributed by atoms with Gasteiger partial charge in [-0.25, -0.2) is 0 Å². The fourth-order valence-corrected chi connectivity index (χ4v) is 2.16. The Bertz CT molecular complexity index is 577. The molecule has 0 spiro atoms. The average Bonchev–Trinajstić information content (AvgIpc) is 2.39. The molecule has 1 aromatic heterocycles. The number of hydrogen-bond donors (Lipinski definition) is 1. The molecular weight excluding hydrogens is 224 g/mol. The molecule has 1 aromatic carbocycles. The second-order valence-electron chi connectivity index (χ2n) is 4.25. The third-order valence-corrected chi connectivity index (χ3v) is 3.10. The quantitative estimate of drug-likeness (QED) is 0.877. The molecule has 1 amide bonds. The summed E-state index contributed by atoms with van der Waals surface area (Å²) in [6.45, 7) is 3.92. The minimum atomic E-state index is -0.0456. The molecule has 0 saturated heterocycles. The molecule has 18 heavy (non-hydrogen) atoms. The number of benzene rings is 1. The summed E-state index contributed by atoms with van der Waals surface area (Å²) in [7, 11) is 1.65. The van der Waals surface area contributed by atoms with Gasteiger partial charge in [0, 0.05) is 30.6 Å². The number of hydrogen-bond acceptors (Lipinski definition) is 2. The third kappa shape index (κ3) is 2.12. The van der Waals surface area contributed by atoms with Crippen molar-refractivity contribution in [2.75, 3.05) is 7.05 Å². The highest BCUT2D eigenvalue weighted by Crippen LogP contribution is 2.27. The Labute approximate surface area is 107 Å². The molecule has 0 radical (unpaired) electrons. The van der Waals surface area contributed by atoms with Crippen LogP contribution in [-0.4, -0.2) is 17.9 Å². The van der Waals surface area contributed by atoms with Crippen LogP contribution < -0.4 is 5.32 Å². The van der Waals surface area contributed by atoms with Crippen molar-refractivity contribution < 1.29 is 4.79 Å². The van der Waals surface area contributed by atoms with Crippen LogP contribution in [0.2, 0.25) is 0 Å². The molecule has 92 valence electrons. The van der Waals surface area contributed by atoms with Crippen molar-refractivity contribution in [3.8, 4) is 11.1 Å². The number of amides is 1. The molecule has 2 aromatic rings. The number of aryl methyl sites for hydroxylation is 1. The second-order valence-corrected chi connectivity index (χ2v) is 4.25. The van der Waals surface area contributed by atoms with E-state index in [4.69, 9.17) is 0 Å². The summed E-state index contributed by atoms with van der Waals surface area (Å²) in [5, 5.41) is 2.69. The molecule has 0 unspecified atom stereocenters. The van der Waals surface area contributed by atoms with Gasteiger partial charge >= 0.3 is 0 Å². The first kappa shape index (κ1) is 12.3. The maximum atomic E-state index is 11.9. The molecule has 1 N–H and O–H groups in total. The van der Waals surface area contributed by atoms with Gasteiger partial charge in [0.2, 0.25) is 0 Å². The lowest BCUT2D eigenvalue weighted by molar-refractivity contribution is 0.0962. The molecule has 0 aliphatic heterocycles. The van der Waals surface area contributed by atoms with E-state index in [2.05, 4.69) is 10.3 Å². The van der Waals surface area contributed by atoms with Gasteiger partial charge in [0.05, 0.1) is 0 Å². The SMILES string of the molecule is CNC(=O)c1c(C)ccc(-c2cccnc2)c1C. The van der Waals surface area contributed by atoms with E-state index in [1.807, 2.05) is 44.3 Å². The van der Waals surface area contributed by atoms with E-state index in [-0.39, 0.29) is 5.91 Å². The molecule has 3 heteroatoms. The summed E-state index contributed by atoms with van der Waals surface area (Å²) in [4.78, 5) is 16.0. The van der Waals surface area contributed by atoms with Gasteiger partial charge in [0.1, 0.15) is 0 Å². The standard InChI is InChI=1S/C15H16N2O/c1-10-6-7-13(12-5-4-8-17-9-12)11(2)14(10)15(18)16-3/h4-9H,1-3H3,(H,16,18). The van der Waals surface area contributed by atoms with E-state index in [0.29, 0.717) is 0 Å². The van der Waals surface area contributed by atoms with Crippen molar-refractivity contribution >= 4 is 5.91 Å². The first-order valence-corrected chi connectivity index (χ1v) is 5.88.